The van der Waals surface area contributed by atoms with Gasteiger partial charge in [-0.05, 0) is 6.07 Å². The van der Waals surface area contributed by atoms with Crippen LogP contribution in [0.4, 0.5) is 0 Å². The zero-order valence-corrected chi connectivity index (χ0v) is 9.91. The van der Waals surface area contributed by atoms with Crippen LogP contribution in [0, 0.1) is 0 Å². The second kappa shape index (κ2) is 4.18. The van der Waals surface area contributed by atoms with Gasteiger partial charge in [-0.25, -0.2) is 4.79 Å². The van der Waals surface area contributed by atoms with Gasteiger partial charge in [-0.3, -0.25) is 0 Å². The van der Waals surface area contributed by atoms with E-state index in [1.54, 1.807) is 0 Å². The summed E-state index contributed by atoms with van der Waals surface area (Å²) in [5.74, 6) is -0.0530. The smallest absolute Gasteiger partial charge is 0.340 e. The predicted octanol–water partition coefficient (Wildman–Crippen LogP) is 2.70. The third-order valence-corrected chi connectivity index (χ3v) is 3.00. The molecule has 0 fully saturated rings. The molecule has 0 spiro atoms. The Morgan fingerprint density at radius 2 is 2.12 bits per heavy atom. The van der Waals surface area contributed by atoms with Gasteiger partial charge in [0.25, 0.3) is 0 Å². The molecule has 4 heteroatoms. The van der Waals surface area contributed by atoms with Crippen LogP contribution in [0.1, 0.15) is 16.1 Å². The highest BCUT2D eigenvalue weighted by molar-refractivity contribution is 6.18. The zero-order chi connectivity index (χ0) is 11.7. The summed E-state index contributed by atoms with van der Waals surface area (Å²) in [7, 11) is 3.27. The summed E-state index contributed by atoms with van der Waals surface area (Å²) in [6.07, 6.45) is 0. The molecule has 0 unspecified atom stereocenters. The molecule has 0 N–H and O–H groups in total. The van der Waals surface area contributed by atoms with Crippen LogP contribution in [-0.2, 0) is 17.7 Å². The molecule has 0 atom stereocenters. The van der Waals surface area contributed by atoms with Gasteiger partial charge in [0.1, 0.15) is 0 Å². The van der Waals surface area contributed by atoms with Gasteiger partial charge in [-0.2, -0.15) is 0 Å². The Balaban J connectivity index is 2.83. The van der Waals surface area contributed by atoms with Crippen molar-refractivity contribution in [3.63, 3.8) is 0 Å². The number of fused-ring (bicyclic) bond motifs is 1. The van der Waals surface area contributed by atoms with E-state index in [1.165, 1.54) is 7.11 Å². The number of hydrogen-bond donors (Lipinski definition) is 0. The van der Waals surface area contributed by atoms with Crippen LogP contribution in [0.25, 0.3) is 10.9 Å². The van der Waals surface area contributed by atoms with Gasteiger partial charge < -0.3 is 9.30 Å². The molecular weight excluding hydrogens is 226 g/mol. The average molecular weight is 238 g/mol. The van der Waals surface area contributed by atoms with E-state index < -0.39 is 0 Å². The lowest BCUT2D eigenvalue weighted by Crippen LogP contribution is -2.05. The van der Waals surface area contributed by atoms with Crippen LogP contribution in [0.5, 0.6) is 0 Å². The summed E-state index contributed by atoms with van der Waals surface area (Å²) in [6, 6.07) is 7.68. The van der Waals surface area contributed by atoms with Crippen LogP contribution < -0.4 is 0 Å². The van der Waals surface area contributed by atoms with Gasteiger partial charge in [0.2, 0.25) is 0 Å². The van der Waals surface area contributed by atoms with Gasteiger partial charge in [-0.1, -0.05) is 18.2 Å². The fourth-order valence-corrected chi connectivity index (χ4v) is 2.25. The maximum Gasteiger partial charge on any atom is 0.340 e. The summed E-state index contributed by atoms with van der Waals surface area (Å²) in [4.78, 5) is 11.7. The van der Waals surface area contributed by atoms with E-state index in [0.717, 1.165) is 16.6 Å². The molecule has 0 saturated heterocycles. The minimum atomic E-state index is -0.340. The second-order valence-electron chi connectivity index (χ2n) is 3.52. The van der Waals surface area contributed by atoms with Crippen molar-refractivity contribution in [3.8, 4) is 0 Å². The summed E-state index contributed by atoms with van der Waals surface area (Å²) in [6.45, 7) is 0. The average Bonchev–Trinajstić information content (AvgIpc) is 2.62. The highest BCUT2D eigenvalue weighted by Gasteiger charge is 2.20. The molecule has 0 amide bonds. The molecule has 0 saturated carbocycles. The van der Waals surface area contributed by atoms with E-state index in [9.17, 15) is 4.79 Å². The number of halogens is 1. The Bertz CT molecular complexity index is 545. The molecule has 0 bridgehead atoms. The zero-order valence-electron chi connectivity index (χ0n) is 9.16. The van der Waals surface area contributed by atoms with Crippen molar-refractivity contribution in [1.82, 2.24) is 4.57 Å². The Kier molecular flexibility index (Phi) is 2.88. The summed E-state index contributed by atoms with van der Waals surface area (Å²) < 4.78 is 6.71. The first kappa shape index (κ1) is 11.0. The van der Waals surface area contributed by atoms with Crippen molar-refractivity contribution >= 4 is 28.5 Å². The van der Waals surface area contributed by atoms with Crippen molar-refractivity contribution in [3.05, 3.63) is 35.5 Å². The van der Waals surface area contributed by atoms with E-state index in [1.807, 2.05) is 35.9 Å². The first-order valence-corrected chi connectivity index (χ1v) is 5.44. The number of ether oxygens (including phenoxy) is 1. The van der Waals surface area contributed by atoms with Gasteiger partial charge in [0, 0.05) is 23.6 Å². The molecule has 1 aromatic heterocycles. The molecule has 0 aliphatic heterocycles. The predicted molar refractivity (Wildman–Crippen MR) is 63.8 cm³/mol. The van der Waals surface area contributed by atoms with Crippen molar-refractivity contribution in [2.24, 2.45) is 7.05 Å². The van der Waals surface area contributed by atoms with Crippen molar-refractivity contribution in [2.45, 2.75) is 5.88 Å². The Morgan fingerprint density at radius 3 is 2.75 bits per heavy atom. The molecule has 16 heavy (non-hydrogen) atoms. The van der Waals surface area contributed by atoms with Crippen LogP contribution >= 0.6 is 11.6 Å². The summed E-state index contributed by atoms with van der Waals surface area (Å²) >= 11 is 5.88. The maximum absolute atomic E-state index is 11.7. The molecule has 1 aromatic carbocycles. The summed E-state index contributed by atoms with van der Waals surface area (Å²) in [5, 5.41) is 0.882. The van der Waals surface area contributed by atoms with Crippen LogP contribution in [0.3, 0.4) is 0 Å². The lowest BCUT2D eigenvalue weighted by molar-refractivity contribution is 0.0602. The standard InChI is InChI=1S/C12H12ClNO2/c1-14-9-6-4-3-5-8(9)11(10(14)7-13)12(15)16-2/h3-6H,7H2,1-2H3. The van der Waals surface area contributed by atoms with Crippen LogP contribution in [-0.4, -0.2) is 17.6 Å². The highest BCUT2D eigenvalue weighted by atomic mass is 35.5. The molecule has 2 rings (SSSR count). The van der Waals surface area contributed by atoms with Gasteiger partial charge in [0.15, 0.2) is 0 Å². The number of aryl methyl sites for hydroxylation is 1. The lowest BCUT2D eigenvalue weighted by Gasteiger charge is -2.02. The quantitative estimate of drug-likeness (QED) is 0.594. The number of rotatable bonds is 2. The third-order valence-electron chi connectivity index (χ3n) is 2.74. The van der Waals surface area contributed by atoms with Gasteiger partial charge >= 0.3 is 5.97 Å². The Morgan fingerprint density at radius 1 is 1.44 bits per heavy atom. The second-order valence-corrected chi connectivity index (χ2v) is 3.79. The van der Waals surface area contributed by atoms with Gasteiger partial charge in [0.05, 0.1) is 18.6 Å². The number of aromatic nitrogens is 1. The topological polar surface area (TPSA) is 31.2 Å². The molecule has 84 valence electrons. The SMILES string of the molecule is COC(=O)c1c(CCl)n(C)c2ccccc12. The number of carbonyl (C=O) groups excluding carboxylic acids is 1. The number of hydrogen-bond acceptors (Lipinski definition) is 2. The Labute approximate surface area is 98.6 Å². The molecule has 0 aliphatic rings. The van der Waals surface area contributed by atoms with Crippen molar-refractivity contribution < 1.29 is 9.53 Å². The third kappa shape index (κ3) is 1.48. The lowest BCUT2D eigenvalue weighted by atomic mass is 10.1. The van der Waals surface area contributed by atoms with Crippen LogP contribution in [0.2, 0.25) is 0 Å². The van der Waals surface area contributed by atoms with Gasteiger partial charge in [-0.15, -0.1) is 11.6 Å². The first-order chi connectivity index (χ1) is 7.70. The number of alkyl halides is 1. The number of benzene rings is 1. The molecule has 0 aliphatic carbocycles. The largest absolute Gasteiger partial charge is 0.465 e. The van der Waals surface area contributed by atoms with Crippen LogP contribution in [0.15, 0.2) is 24.3 Å². The Hall–Kier alpha value is -1.48. The summed E-state index contributed by atoms with van der Waals surface area (Å²) in [5.41, 5.74) is 2.34. The monoisotopic (exact) mass is 237 g/mol. The molecule has 3 nitrogen and oxygen atoms in total. The van der Waals surface area contributed by atoms with E-state index in [2.05, 4.69) is 0 Å². The van der Waals surface area contributed by atoms with E-state index >= 15 is 0 Å². The number of methoxy groups -OCH3 is 1. The number of esters is 1. The normalized spacial score (nSPS) is 10.7. The number of para-hydroxylation sites is 1. The molecular formula is C12H12ClNO2. The molecule has 2 aromatic rings. The minimum absolute atomic E-state index is 0.287. The van der Waals surface area contributed by atoms with E-state index in [0.29, 0.717) is 5.56 Å². The highest BCUT2D eigenvalue weighted by Crippen LogP contribution is 2.26. The molecule has 0 radical (unpaired) electrons. The minimum Gasteiger partial charge on any atom is -0.465 e. The first-order valence-electron chi connectivity index (χ1n) is 4.91. The fraction of sp³-hybridized carbons (Fsp3) is 0.250. The van der Waals surface area contributed by atoms with Crippen molar-refractivity contribution in [1.29, 1.82) is 0 Å². The van der Waals surface area contributed by atoms with Crippen molar-refractivity contribution in [2.75, 3.05) is 7.11 Å². The maximum atomic E-state index is 11.7. The number of carbonyl (C=O) groups is 1. The molecule has 1 heterocycles. The van der Waals surface area contributed by atoms with E-state index in [4.69, 9.17) is 16.3 Å². The number of nitrogens with zero attached hydrogens (tertiary/aromatic N) is 1. The van der Waals surface area contributed by atoms with E-state index in [-0.39, 0.29) is 11.8 Å². The fourth-order valence-electron chi connectivity index (χ4n) is 1.93.